The molecule has 146 valence electrons. The van der Waals surface area contributed by atoms with Crippen LogP contribution in [0.5, 0.6) is 17.2 Å². The van der Waals surface area contributed by atoms with Gasteiger partial charge in [0.1, 0.15) is 18.0 Å². The fourth-order valence-corrected chi connectivity index (χ4v) is 7.22. The fraction of sp³-hybridized carbons (Fsp3) is 0.571. The van der Waals surface area contributed by atoms with Crippen LogP contribution >= 0.6 is 0 Å². The predicted octanol–water partition coefficient (Wildman–Crippen LogP) is 2.79. The first-order chi connectivity index (χ1) is 13.6. The molecule has 0 radical (unpaired) electrons. The Morgan fingerprint density at radius 3 is 3.07 bits per heavy atom. The maximum Gasteiger partial charge on any atom is 0.231 e. The molecule has 6 atom stereocenters. The quantitative estimate of drug-likeness (QED) is 0.424. The van der Waals surface area contributed by atoms with Crippen LogP contribution in [0.2, 0.25) is 0 Å². The third-order valence-electron chi connectivity index (χ3n) is 8.22. The summed E-state index contributed by atoms with van der Waals surface area (Å²) in [5, 5.41) is 14.3. The molecule has 1 spiro atoms. The van der Waals surface area contributed by atoms with E-state index in [4.69, 9.17) is 23.9 Å². The molecule has 5 saturated heterocycles. The van der Waals surface area contributed by atoms with Crippen molar-refractivity contribution in [1.29, 1.82) is 0 Å². The van der Waals surface area contributed by atoms with Gasteiger partial charge < -0.3 is 28.8 Å². The van der Waals surface area contributed by atoms with Gasteiger partial charge in [-0.3, -0.25) is 0 Å². The molecule has 0 aromatic heterocycles. The Morgan fingerprint density at radius 2 is 2.25 bits per heavy atom. The van der Waals surface area contributed by atoms with Crippen molar-refractivity contribution in [1.82, 2.24) is 0 Å². The molecule has 0 saturated carbocycles. The van der Waals surface area contributed by atoms with E-state index < -0.39 is 5.41 Å². The summed E-state index contributed by atoms with van der Waals surface area (Å²) in [4.78, 5) is 4.88. The molecule has 5 fully saturated rings. The highest BCUT2D eigenvalue weighted by Crippen LogP contribution is 2.68. The van der Waals surface area contributed by atoms with Gasteiger partial charge in [0, 0.05) is 30.4 Å². The number of benzene rings is 1. The van der Waals surface area contributed by atoms with Gasteiger partial charge in [-0.2, -0.15) is 0 Å². The minimum absolute atomic E-state index is 0.0567. The van der Waals surface area contributed by atoms with E-state index in [9.17, 15) is 5.21 Å². The second-order valence-electron chi connectivity index (χ2n) is 8.91. The van der Waals surface area contributed by atoms with Crippen LogP contribution in [0, 0.1) is 17.0 Å². The van der Waals surface area contributed by atoms with Crippen LogP contribution in [0.1, 0.15) is 25.3 Å². The molecular weight excluding hydrogens is 360 g/mol. The Hall–Kier alpha value is -2.25. The van der Waals surface area contributed by atoms with Gasteiger partial charge in [-0.1, -0.05) is 6.08 Å². The summed E-state index contributed by atoms with van der Waals surface area (Å²) in [7, 11) is 1.65. The summed E-state index contributed by atoms with van der Waals surface area (Å²) in [6, 6.07) is 1.89. The Balaban J connectivity index is 1.51. The van der Waals surface area contributed by atoms with Crippen LogP contribution in [0.4, 0.5) is 5.69 Å². The van der Waals surface area contributed by atoms with Crippen molar-refractivity contribution >= 4 is 11.6 Å². The zero-order valence-corrected chi connectivity index (χ0v) is 15.9. The molecule has 7 heterocycles. The molecule has 1 aromatic rings. The zero-order chi connectivity index (χ0) is 18.8. The van der Waals surface area contributed by atoms with Crippen LogP contribution in [0.15, 0.2) is 22.7 Å². The standard InChI is InChI=1S/C21H22N2O5/c1-3-10-7-23(24)14-6-21-16(23)4-11(10)12(14)8-26-20(21)22-13-5-15-18(28-9-27-15)19(25-2)17(13)21/h3,5,11-12,14,16H,4,6-9H2,1-2H3/b10-3-/t11-,12?,14-,16-,21+,23?/m0/s1. The normalized spacial score (nSPS) is 44.2. The van der Waals surface area contributed by atoms with E-state index in [0.29, 0.717) is 42.2 Å². The SMILES string of the molecule is C/C=C1/C[N+]2([O-])[C@H]3C[C@]45C(=Nc6cc7c(c(OC)c64)OCO7)OCC3[C@H]1C[C@@H]52. The highest BCUT2D eigenvalue weighted by Gasteiger charge is 2.75. The van der Waals surface area contributed by atoms with E-state index in [1.165, 1.54) is 5.57 Å². The average Bonchev–Trinajstić information content (AvgIpc) is 3.27. The van der Waals surface area contributed by atoms with Gasteiger partial charge in [0.25, 0.3) is 0 Å². The predicted molar refractivity (Wildman–Crippen MR) is 99.9 cm³/mol. The molecule has 1 aromatic carbocycles. The first-order valence-electron chi connectivity index (χ1n) is 10.1. The van der Waals surface area contributed by atoms with Gasteiger partial charge >= 0.3 is 0 Å². The molecule has 0 N–H and O–H groups in total. The van der Waals surface area contributed by atoms with Gasteiger partial charge in [0.15, 0.2) is 11.5 Å². The Kier molecular flexibility index (Phi) is 2.60. The summed E-state index contributed by atoms with van der Waals surface area (Å²) in [5.41, 5.74) is 2.57. The van der Waals surface area contributed by atoms with E-state index in [1.807, 2.05) is 6.07 Å². The Bertz CT molecular complexity index is 1000. The highest BCUT2D eigenvalue weighted by molar-refractivity contribution is 6.00. The number of nitrogens with zero attached hydrogens (tertiary/aromatic N) is 2. The van der Waals surface area contributed by atoms with Crippen molar-refractivity contribution in [2.75, 3.05) is 27.1 Å². The molecule has 28 heavy (non-hydrogen) atoms. The van der Waals surface area contributed by atoms with Crippen LogP contribution in [0.25, 0.3) is 0 Å². The van der Waals surface area contributed by atoms with Crippen molar-refractivity contribution in [3.63, 3.8) is 0 Å². The van der Waals surface area contributed by atoms with Crippen molar-refractivity contribution in [3.05, 3.63) is 28.5 Å². The van der Waals surface area contributed by atoms with Crippen LogP contribution in [-0.2, 0) is 10.2 Å². The van der Waals surface area contributed by atoms with E-state index in [-0.39, 0.29) is 29.4 Å². The molecule has 0 amide bonds. The van der Waals surface area contributed by atoms with E-state index in [2.05, 4.69) is 13.0 Å². The molecule has 7 heteroatoms. The van der Waals surface area contributed by atoms with Crippen molar-refractivity contribution in [2.24, 2.45) is 16.8 Å². The van der Waals surface area contributed by atoms with Crippen LogP contribution in [-0.4, -0.2) is 49.7 Å². The average molecular weight is 382 g/mol. The van der Waals surface area contributed by atoms with E-state index in [1.54, 1.807) is 7.11 Å². The number of aliphatic imine (C=N–C) groups is 1. The molecule has 0 aliphatic carbocycles. The lowest BCUT2D eigenvalue weighted by molar-refractivity contribution is -0.932. The maximum atomic E-state index is 14.3. The number of piperidine rings is 3. The minimum atomic E-state index is -0.517. The fourth-order valence-electron chi connectivity index (χ4n) is 7.22. The zero-order valence-electron chi connectivity index (χ0n) is 15.9. The summed E-state index contributed by atoms with van der Waals surface area (Å²) >= 11 is 0. The smallest absolute Gasteiger partial charge is 0.231 e. The van der Waals surface area contributed by atoms with Gasteiger partial charge in [-0.25, -0.2) is 4.99 Å². The molecule has 8 rings (SSSR count). The minimum Gasteiger partial charge on any atom is -0.632 e. The number of methoxy groups -OCH3 is 1. The van der Waals surface area contributed by atoms with E-state index in [0.717, 1.165) is 24.1 Å². The van der Waals surface area contributed by atoms with Gasteiger partial charge in [-0.15, -0.1) is 0 Å². The Morgan fingerprint density at radius 1 is 1.36 bits per heavy atom. The first-order valence-corrected chi connectivity index (χ1v) is 10.1. The van der Waals surface area contributed by atoms with Crippen molar-refractivity contribution < 1.29 is 23.6 Å². The molecular formula is C21H22N2O5. The van der Waals surface area contributed by atoms with Crippen LogP contribution in [0.3, 0.4) is 0 Å². The molecule has 5 bridgehead atoms. The number of rotatable bonds is 1. The highest BCUT2D eigenvalue weighted by atomic mass is 16.7. The lowest BCUT2D eigenvalue weighted by Crippen LogP contribution is -2.69. The van der Waals surface area contributed by atoms with Gasteiger partial charge in [0.05, 0.1) is 31.4 Å². The lowest BCUT2D eigenvalue weighted by atomic mass is 9.67. The lowest BCUT2D eigenvalue weighted by Gasteiger charge is -2.63. The second kappa shape index (κ2) is 4.66. The molecule has 7 nitrogen and oxygen atoms in total. The number of hydrogen-bond donors (Lipinski definition) is 0. The third kappa shape index (κ3) is 1.43. The summed E-state index contributed by atoms with van der Waals surface area (Å²) in [5.74, 6) is 3.36. The first kappa shape index (κ1) is 15.6. The number of allylic oxidation sites excluding steroid dienone is 1. The molecule has 7 aliphatic rings. The summed E-state index contributed by atoms with van der Waals surface area (Å²) < 4.78 is 23.4. The molecule has 2 unspecified atom stereocenters. The monoisotopic (exact) mass is 382 g/mol. The van der Waals surface area contributed by atoms with Crippen molar-refractivity contribution in [3.8, 4) is 17.2 Å². The topological polar surface area (TPSA) is 72.3 Å². The third-order valence-corrected chi connectivity index (χ3v) is 8.22. The largest absolute Gasteiger partial charge is 0.632 e. The van der Waals surface area contributed by atoms with Gasteiger partial charge in [0.2, 0.25) is 18.4 Å². The van der Waals surface area contributed by atoms with Crippen molar-refractivity contribution in [2.45, 2.75) is 37.3 Å². The summed E-state index contributed by atoms with van der Waals surface area (Å²) in [6.07, 6.45) is 3.83. The van der Waals surface area contributed by atoms with E-state index >= 15 is 0 Å². The number of quaternary nitrogens is 1. The number of hydroxylamine groups is 3. The maximum absolute atomic E-state index is 14.3. The van der Waals surface area contributed by atoms with Gasteiger partial charge in [-0.05, 0) is 12.5 Å². The molecule has 7 aliphatic heterocycles. The number of ether oxygens (including phenoxy) is 4. The van der Waals surface area contributed by atoms with Crippen LogP contribution < -0.4 is 14.2 Å². The Labute approximate surface area is 162 Å². The number of hydrogen-bond acceptors (Lipinski definition) is 6. The number of fused-ring (bicyclic) bond motifs is 3. The second-order valence-corrected chi connectivity index (χ2v) is 8.91. The summed E-state index contributed by atoms with van der Waals surface area (Å²) in [6.45, 7) is 3.42.